The Bertz CT molecular complexity index is 535. The zero-order chi connectivity index (χ0) is 16.1. The summed E-state index contributed by atoms with van der Waals surface area (Å²) < 4.78 is 1.02. The van der Waals surface area contributed by atoms with Gasteiger partial charge in [0.1, 0.15) is 6.04 Å². The Morgan fingerprint density at radius 1 is 1.32 bits per heavy atom. The number of nitrogens with one attached hydrogen (secondary N) is 2. The van der Waals surface area contributed by atoms with Crippen LogP contribution in [0.2, 0.25) is 0 Å². The highest BCUT2D eigenvalue weighted by Gasteiger charge is 2.31. The number of carboxylic acids is 1. The van der Waals surface area contributed by atoms with Gasteiger partial charge in [-0.05, 0) is 30.5 Å². The molecule has 1 fully saturated rings. The van der Waals surface area contributed by atoms with Crippen molar-refractivity contribution in [1.29, 1.82) is 0 Å². The van der Waals surface area contributed by atoms with Crippen molar-refractivity contribution in [1.82, 2.24) is 15.8 Å². The average Bonchev–Trinajstić information content (AvgIpc) is 2.96. The number of aliphatic carboxylic acids is 1. The summed E-state index contributed by atoms with van der Waals surface area (Å²) in [6.45, 7) is 0.451. The SMILES string of the molecule is CN(CCCC(=O)O)C(=O)C1CC(c2ccc(Br)cc2)NN1. The molecule has 1 aliphatic rings. The molecule has 1 aliphatic heterocycles. The molecule has 1 amide bonds. The molecule has 0 aromatic heterocycles. The molecular weight excluding hydrogens is 350 g/mol. The molecule has 3 N–H and O–H groups in total. The van der Waals surface area contributed by atoms with Gasteiger partial charge in [-0.1, -0.05) is 28.1 Å². The molecule has 0 bridgehead atoms. The third-order valence-corrected chi connectivity index (χ3v) is 4.26. The number of hydrazine groups is 1. The van der Waals surface area contributed by atoms with E-state index in [0.29, 0.717) is 19.4 Å². The van der Waals surface area contributed by atoms with E-state index in [0.717, 1.165) is 10.0 Å². The van der Waals surface area contributed by atoms with Crippen LogP contribution in [0.4, 0.5) is 0 Å². The molecule has 1 aromatic rings. The first kappa shape index (κ1) is 16.9. The van der Waals surface area contributed by atoms with Crippen molar-refractivity contribution in [2.24, 2.45) is 0 Å². The second kappa shape index (κ2) is 7.71. The average molecular weight is 370 g/mol. The highest BCUT2D eigenvalue weighted by molar-refractivity contribution is 9.10. The molecule has 120 valence electrons. The van der Waals surface area contributed by atoms with Gasteiger partial charge in [0.15, 0.2) is 0 Å². The van der Waals surface area contributed by atoms with Crippen LogP contribution in [0.3, 0.4) is 0 Å². The Hall–Kier alpha value is -1.44. The lowest BCUT2D eigenvalue weighted by Gasteiger charge is -2.20. The molecular formula is C15H20BrN3O3. The number of carbonyl (C=O) groups is 2. The number of likely N-dealkylation sites (N-methyl/N-ethyl adjacent to an activating group) is 1. The van der Waals surface area contributed by atoms with Gasteiger partial charge in [-0.3, -0.25) is 9.59 Å². The molecule has 1 saturated heterocycles. The molecule has 1 heterocycles. The maximum Gasteiger partial charge on any atom is 0.303 e. The maximum absolute atomic E-state index is 12.3. The predicted octanol–water partition coefficient (Wildman–Crippen LogP) is 1.68. The van der Waals surface area contributed by atoms with Crippen LogP contribution in [0.1, 0.15) is 30.9 Å². The number of carboxylic acid groups (broad SMARTS) is 1. The molecule has 2 rings (SSSR count). The standard InChI is InChI=1S/C15H20BrN3O3/c1-19(8-2-3-14(20)21)15(22)13-9-12(17-18-13)10-4-6-11(16)7-5-10/h4-7,12-13,17-18H,2-3,8-9H2,1H3,(H,20,21). The lowest BCUT2D eigenvalue weighted by Crippen LogP contribution is -2.44. The summed E-state index contributed by atoms with van der Waals surface area (Å²) in [7, 11) is 1.71. The number of rotatable bonds is 6. The largest absolute Gasteiger partial charge is 0.481 e. The number of hydrogen-bond acceptors (Lipinski definition) is 4. The topological polar surface area (TPSA) is 81.7 Å². The highest BCUT2D eigenvalue weighted by Crippen LogP contribution is 2.24. The molecule has 0 saturated carbocycles. The first-order valence-electron chi connectivity index (χ1n) is 7.20. The van der Waals surface area contributed by atoms with Crippen LogP contribution in [0.5, 0.6) is 0 Å². The fourth-order valence-electron chi connectivity index (χ4n) is 2.48. The molecule has 0 aliphatic carbocycles. The van der Waals surface area contributed by atoms with Gasteiger partial charge in [0.2, 0.25) is 5.91 Å². The zero-order valence-corrected chi connectivity index (χ0v) is 14.0. The smallest absolute Gasteiger partial charge is 0.303 e. The van der Waals surface area contributed by atoms with Crippen LogP contribution in [0.25, 0.3) is 0 Å². The lowest BCUT2D eigenvalue weighted by molar-refractivity contribution is -0.138. The molecule has 0 spiro atoms. The van der Waals surface area contributed by atoms with Crippen LogP contribution < -0.4 is 10.9 Å². The van der Waals surface area contributed by atoms with Crippen molar-refractivity contribution in [3.8, 4) is 0 Å². The van der Waals surface area contributed by atoms with Gasteiger partial charge in [0, 0.05) is 30.5 Å². The molecule has 6 nitrogen and oxygen atoms in total. The summed E-state index contributed by atoms with van der Waals surface area (Å²) >= 11 is 3.40. The Labute approximate surface area is 138 Å². The van der Waals surface area contributed by atoms with Gasteiger partial charge in [0.05, 0.1) is 0 Å². The first-order valence-corrected chi connectivity index (χ1v) is 8.00. The summed E-state index contributed by atoms with van der Waals surface area (Å²) in [5.74, 6) is -0.852. The second-order valence-electron chi connectivity index (χ2n) is 5.44. The summed E-state index contributed by atoms with van der Waals surface area (Å²) in [6.07, 6.45) is 1.22. The van der Waals surface area contributed by atoms with Gasteiger partial charge in [-0.2, -0.15) is 0 Å². The van der Waals surface area contributed by atoms with Crippen LogP contribution >= 0.6 is 15.9 Å². The van der Waals surface area contributed by atoms with Crippen molar-refractivity contribution < 1.29 is 14.7 Å². The minimum atomic E-state index is -0.836. The number of nitrogens with zero attached hydrogens (tertiary/aromatic N) is 1. The predicted molar refractivity (Wildman–Crippen MR) is 86.1 cm³/mol. The number of carbonyl (C=O) groups excluding carboxylic acids is 1. The number of benzene rings is 1. The number of hydrogen-bond donors (Lipinski definition) is 3. The van der Waals surface area contributed by atoms with Crippen molar-refractivity contribution in [2.45, 2.75) is 31.3 Å². The summed E-state index contributed by atoms with van der Waals surface area (Å²) in [4.78, 5) is 24.4. The molecule has 2 unspecified atom stereocenters. The Balaban J connectivity index is 1.85. The monoisotopic (exact) mass is 369 g/mol. The summed E-state index contributed by atoms with van der Waals surface area (Å²) in [6, 6.07) is 7.80. The van der Waals surface area contributed by atoms with Crippen molar-refractivity contribution in [3.05, 3.63) is 34.3 Å². The maximum atomic E-state index is 12.3. The first-order chi connectivity index (χ1) is 10.5. The van der Waals surface area contributed by atoms with Crippen molar-refractivity contribution >= 4 is 27.8 Å². The van der Waals surface area contributed by atoms with Crippen LogP contribution in [0.15, 0.2) is 28.7 Å². The molecule has 2 atom stereocenters. The fourth-order valence-corrected chi connectivity index (χ4v) is 2.74. The normalized spacial score (nSPS) is 20.8. The summed E-state index contributed by atoms with van der Waals surface area (Å²) in [5.41, 5.74) is 7.30. The van der Waals surface area contributed by atoms with E-state index in [9.17, 15) is 9.59 Å². The zero-order valence-electron chi connectivity index (χ0n) is 12.4. The van der Waals surface area contributed by atoms with E-state index in [1.807, 2.05) is 24.3 Å². The van der Waals surface area contributed by atoms with Gasteiger partial charge in [-0.15, -0.1) is 0 Å². The highest BCUT2D eigenvalue weighted by atomic mass is 79.9. The van der Waals surface area contributed by atoms with E-state index in [4.69, 9.17) is 5.11 Å². The van der Waals surface area contributed by atoms with E-state index < -0.39 is 5.97 Å². The van der Waals surface area contributed by atoms with Gasteiger partial charge in [0.25, 0.3) is 0 Å². The van der Waals surface area contributed by atoms with E-state index in [1.165, 1.54) is 0 Å². The fraction of sp³-hybridized carbons (Fsp3) is 0.467. The molecule has 22 heavy (non-hydrogen) atoms. The number of halogens is 1. The quantitative estimate of drug-likeness (QED) is 0.710. The Kier molecular flexibility index (Phi) is 5.93. The second-order valence-corrected chi connectivity index (χ2v) is 6.35. The molecule has 7 heteroatoms. The van der Waals surface area contributed by atoms with Crippen molar-refractivity contribution in [2.75, 3.05) is 13.6 Å². The third kappa shape index (κ3) is 4.53. The van der Waals surface area contributed by atoms with E-state index >= 15 is 0 Å². The van der Waals surface area contributed by atoms with E-state index in [-0.39, 0.29) is 24.4 Å². The van der Waals surface area contributed by atoms with E-state index in [1.54, 1.807) is 11.9 Å². The summed E-state index contributed by atoms with van der Waals surface area (Å²) in [5, 5.41) is 8.63. The molecule has 1 aromatic carbocycles. The Morgan fingerprint density at radius 3 is 2.64 bits per heavy atom. The third-order valence-electron chi connectivity index (χ3n) is 3.73. The van der Waals surface area contributed by atoms with Gasteiger partial charge < -0.3 is 10.0 Å². The van der Waals surface area contributed by atoms with Gasteiger partial charge >= 0.3 is 5.97 Å². The number of amides is 1. The minimum Gasteiger partial charge on any atom is -0.481 e. The van der Waals surface area contributed by atoms with Crippen molar-refractivity contribution in [3.63, 3.8) is 0 Å². The van der Waals surface area contributed by atoms with E-state index in [2.05, 4.69) is 26.8 Å². The Morgan fingerprint density at radius 2 is 2.00 bits per heavy atom. The minimum absolute atomic E-state index is 0.0162. The van der Waals surface area contributed by atoms with Crippen LogP contribution in [-0.2, 0) is 9.59 Å². The van der Waals surface area contributed by atoms with Gasteiger partial charge in [-0.25, -0.2) is 10.9 Å². The van der Waals surface area contributed by atoms with Crippen LogP contribution in [-0.4, -0.2) is 41.5 Å². The lowest BCUT2D eigenvalue weighted by atomic mass is 10.0. The van der Waals surface area contributed by atoms with Crippen LogP contribution in [0, 0.1) is 0 Å². The molecule has 0 radical (unpaired) electrons.